The van der Waals surface area contributed by atoms with Crippen molar-refractivity contribution in [3.8, 4) is 11.1 Å². The summed E-state index contributed by atoms with van der Waals surface area (Å²) in [5.74, 6) is 0. The van der Waals surface area contributed by atoms with E-state index in [4.69, 9.17) is 11.6 Å². The van der Waals surface area contributed by atoms with Crippen LogP contribution in [0, 0.1) is 13.8 Å². The molecule has 1 aromatic carbocycles. The maximum atomic E-state index is 6.31. The Morgan fingerprint density at radius 3 is 2.62 bits per heavy atom. The summed E-state index contributed by atoms with van der Waals surface area (Å²) >= 11 is 6.31. The molecule has 4 heteroatoms. The van der Waals surface area contributed by atoms with Crippen molar-refractivity contribution in [3.05, 3.63) is 40.2 Å². The van der Waals surface area contributed by atoms with E-state index < -0.39 is 0 Å². The number of hydrogen-bond donors (Lipinski definition) is 1. The van der Waals surface area contributed by atoms with Crippen LogP contribution in [0.4, 0.5) is 0 Å². The lowest BCUT2D eigenvalue weighted by molar-refractivity contribution is 0.634. The predicted octanol–water partition coefficient (Wildman–Crippen LogP) is 4.34. The fraction of sp³-hybridized carbons (Fsp3) is 0.471. The lowest BCUT2D eigenvalue weighted by Gasteiger charge is -2.09. The van der Waals surface area contributed by atoms with E-state index >= 15 is 0 Å². The van der Waals surface area contributed by atoms with E-state index in [0.29, 0.717) is 0 Å². The quantitative estimate of drug-likeness (QED) is 0.805. The minimum atomic E-state index is 0.806. The Kier molecular flexibility index (Phi) is 5.43. The van der Waals surface area contributed by atoms with Gasteiger partial charge in [0.05, 0.1) is 5.69 Å². The van der Waals surface area contributed by atoms with E-state index in [1.54, 1.807) is 0 Å². The molecule has 0 bridgehead atoms. The molecule has 1 heterocycles. The fourth-order valence-electron chi connectivity index (χ4n) is 2.69. The molecular weight excluding hydrogens is 282 g/mol. The first-order chi connectivity index (χ1) is 10.1. The third-order valence-electron chi connectivity index (χ3n) is 3.76. The molecule has 0 saturated heterocycles. The highest BCUT2D eigenvalue weighted by Crippen LogP contribution is 2.30. The van der Waals surface area contributed by atoms with Crippen LogP contribution in [0.1, 0.15) is 37.2 Å². The smallest absolute Gasteiger partial charge is 0.0674 e. The lowest BCUT2D eigenvalue weighted by atomic mass is 10.0. The number of rotatable bonds is 6. The van der Waals surface area contributed by atoms with E-state index in [0.717, 1.165) is 42.3 Å². The predicted molar refractivity (Wildman–Crippen MR) is 89.8 cm³/mol. The molecule has 1 N–H and O–H groups in total. The van der Waals surface area contributed by atoms with Gasteiger partial charge in [-0.2, -0.15) is 5.10 Å². The Hall–Kier alpha value is -1.32. The first-order valence-electron chi connectivity index (χ1n) is 7.62. The molecule has 0 amide bonds. The van der Waals surface area contributed by atoms with Crippen molar-refractivity contribution < 1.29 is 0 Å². The average Bonchev–Trinajstić information content (AvgIpc) is 2.76. The summed E-state index contributed by atoms with van der Waals surface area (Å²) in [6, 6.07) is 6.26. The Morgan fingerprint density at radius 2 is 2.00 bits per heavy atom. The van der Waals surface area contributed by atoms with Gasteiger partial charge in [0.15, 0.2) is 0 Å². The van der Waals surface area contributed by atoms with Crippen molar-refractivity contribution in [3.63, 3.8) is 0 Å². The third kappa shape index (κ3) is 3.47. The summed E-state index contributed by atoms with van der Waals surface area (Å²) in [6.07, 6.45) is 1.12. The number of hydrogen-bond acceptors (Lipinski definition) is 2. The standard InChI is InChI=1S/C17H24ClN3/c1-5-9-19-11-15-10-14(7-8-16(15)18)17-12(3)20-21(6-2)13(17)4/h7-8,10,19H,5-6,9,11H2,1-4H3. The van der Waals surface area contributed by atoms with Gasteiger partial charge in [-0.25, -0.2) is 0 Å². The number of aryl methyl sites for hydroxylation is 2. The molecule has 0 spiro atoms. The van der Waals surface area contributed by atoms with Crippen LogP contribution in [0.25, 0.3) is 11.1 Å². The van der Waals surface area contributed by atoms with Crippen LogP contribution in [0.2, 0.25) is 5.02 Å². The molecule has 0 radical (unpaired) electrons. The van der Waals surface area contributed by atoms with Gasteiger partial charge in [0.25, 0.3) is 0 Å². The molecule has 114 valence electrons. The molecule has 2 rings (SSSR count). The molecule has 2 aromatic rings. The molecule has 0 aliphatic heterocycles. The van der Waals surface area contributed by atoms with Gasteiger partial charge in [-0.1, -0.05) is 24.6 Å². The van der Waals surface area contributed by atoms with Crippen LogP contribution in [0.15, 0.2) is 18.2 Å². The molecule has 0 fully saturated rings. The number of aromatic nitrogens is 2. The van der Waals surface area contributed by atoms with Crippen LogP contribution in [0.5, 0.6) is 0 Å². The Bertz CT molecular complexity index is 617. The molecule has 0 atom stereocenters. The van der Waals surface area contributed by atoms with Gasteiger partial charge in [0.2, 0.25) is 0 Å². The van der Waals surface area contributed by atoms with Crippen molar-refractivity contribution in [2.24, 2.45) is 0 Å². The van der Waals surface area contributed by atoms with Crippen LogP contribution >= 0.6 is 11.6 Å². The maximum Gasteiger partial charge on any atom is 0.0674 e. The Labute approximate surface area is 132 Å². The first-order valence-corrected chi connectivity index (χ1v) is 7.99. The Balaban J connectivity index is 2.36. The van der Waals surface area contributed by atoms with Gasteiger partial charge in [-0.15, -0.1) is 0 Å². The minimum Gasteiger partial charge on any atom is -0.313 e. The van der Waals surface area contributed by atoms with Crippen LogP contribution in [-0.4, -0.2) is 16.3 Å². The second kappa shape index (κ2) is 7.10. The highest BCUT2D eigenvalue weighted by atomic mass is 35.5. The minimum absolute atomic E-state index is 0.806. The summed E-state index contributed by atoms with van der Waals surface area (Å²) in [7, 11) is 0. The summed E-state index contributed by atoms with van der Waals surface area (Å²) in [5.41, 5.74) is 5.85. The van der Waals surface area contributed by atoms with E-state index in [9.17, 15) is 0 Å². The lowest BCUT2D eigenvalue weighted by Crippen LogP contribution is -2.14. The summed E-state index contributed by atoms with van der Waals surface area (Å²) in [5, 5.41) is 8.83. The van der Waals surface area contributed by atoms with Crippen molar-refractivity contribution >= 4 is 11.6 Å². The van der Waals surface area contributed by atoms with E-state index in [1.165, 1.54) is 16.8 Å². The number of halogens is 1. The van der Waals surface area contributed by atoms with Gasteiger partial charge in [0, 0.05) is 29.4 Å². The first kappa shape index (κ1) is 16.1. The monoisotopic (exact) mass is 305 g/mol. The van der Waals surface area contributed by atoms with Crippen molar-refractivity contribution in [1.29, 1.82) is 0 Å². The SMILES string of the molecule is CCCNCc1cc(-c2c(C)nn(CC)c2C)ccc1Cl. The van der Waals surface area contributed by atoms with Crippen molar-refractivity contribution in [2.45, 2.75) is 47.2 Å². The summed E-state index contributed by atoms with van der Waals surface area (Å²) in [4.78, 5) is 0. The number of benzene rings is 1. The molecular formula is C17H24ClN3. The molecule has 21 heavy (non-hydrogen) atoms. The molecule has 1 aromatic heterocycles. The van der Waals surface area contributed by atoms with Gasteiger partial charge >= 0.3 is 0 Å². The molecule has 0 saturated carbocycles. The topological polar surface area (TPSA) is 29.9 Å². The number of nitrogens with zero attached hydrogens (tertiary/aromatic N) is 2. The van der Waals surface area contributed by atoms with E-state index in [-0.39, 0.29) is 0 Å². The summed E-state index contributed by atoms with van der Waals surface area (Å²) < 4.78 is 2.05. The normalized spacial score (nSPS) is 11.1. The van der Waals surface area contributed by atoms with Gasteiger partial charge < -0.3 is 5.32 Å². The van der Waals surface area contributed by atoms with Crippen LogP contribution in [0.3, 0.4) is 0 Å². The molecule has 0 aliphatic carbocycles. The van der Waals surface area contributed by atoms with Crippen LogP contribution in [-0.2, 0) is 13.1 Å². The van der Waals surface area contributed by atoms with E-state index in [1.807, 2.05) is 10.7 Å². The second-order valence-electron chi connectivity index (χ2n) is 5.34. The van der Waals surface area contributed by atoms with Gasteiger partial charge in [-0.3, -0.25) is 4.68 Å². The zero-order chi connectivity index (χ0) is 15.4. The third-order valence-corrected chi connectivity index (χ3v) is 4.13. The molecule has 0 unspecified atom stereocenters. The second-order valence-corrected chi connectivity index (χ2v) is 5.75. The molecule has 3 nitrogen and oxygen atoms in total. The van der Waals surface area contributed by atoms with E-state index in [2.05, 4.69) is 50.2 Å². The van der Waals surface area contributed by atoms with Crippen LogP contribution < -0.4 is 5.32 Å². The van der Waals surface area contributed by atoms with Crippen molar-refractivity contribution in [1.82, 2.24) is 15.1 Å². The zero-order valence-electron chi connectivity index (χ0n) is 13.3. The largest absolute Gasteiger partial charge is 0.313 e. The average molecular weight is 306 g/mol. The van der Waals surface area contributed by atoms with Gasteiger partial charge in [-0.05, 0) is 57.0 Å². The summed E-state index contributed by atoms with van der Waals surface area (Å²) in [6.45, 7) is 11.2. The Morgan fingerprint density at radius 1 is 1.24 bits per heavy atom. The fourth-order valence-corrected chi connectivity index (χ4v) is 2.87. The van der Waals surface area contributed by atoms with Crippen molar-refractivity contribution in [2.75, 3.05) is 6.54 Å². The molecule has 0 aliphatic rings. The number of nitrogens with one attached hydrogen (secondary N) is 1. The highest BCUT2D eigenvalue weighted by molar-refractivity contribution is 6.31. The zero-order valence-corrected chi connectivity index (χ0v) is 14.1. The maximum absolute atomic E-state index is 6.31. The van der Waals surface area contributed by atoms with Gasteiger partial charge in [0.1, 0.15) is 0 Å². The highest BCUT2D eigenvalue weighted by Gasteiger charge is 2.13.